The molecule has 0 bridgehead atoms. The third-order valence-electron chi connectivity index (χ3n) is 3.19. The molecule has 0 saturated carbocycles. The molecule has 0 amide bonds. The lowest BCUT2D eigenvalue weighted by molar-refractivity contribution is 0.576. The van der Waals surface area contributed by atoms with Crippen LogP contribution in [-0.2, 0) is 12.8 Å². The van der Waals surface area contributed by atoms with Crippen LogP contribution in [0.1, 0.15) is 11.1 Å². The average Bonchev–Trinajstić information content (AvgIpc) is 2.44. The van der Waals surface area contributed by atoms with E-state index in [0.717, 1.165) is 22.6 Å². The van der Waals surface area contributed by atoms with Gasteiger partial charge in [-0.05, 0) is 48.1 Å². The predicted molar refractivity (Wildman–Crippen MR) is 84.5 cm³/mol. The summed E-state index contributed by atoms with van der Waals surface area (Å²) in [6, 6.07) is 12.6. The highest BCUT2D eigenvalue weighted by molar-refractivity contribution is 6.31. The Balaban J connectivity index is 2.09. The normalized spacial score (nSPS) is 12.4. The summed E-state index contributed by atoms with van der Waals surface area (Å²) in [6.07, 6.45) is 1.47. The van der Waals surface area contributed by atoms with Gasteiger partial charge in [0.25, 0.3) is 0 Å². The van der Waals surface area contributed by atoms with E-state index in [0.29, 0.717) is 12.3 Å². The van der Waals surface area contributed by atoms with Gasteiger partial charge in [-0.1, -0.05) is 47.5 Å². The summed E-state index contributed by atoms with van der Waals surface area (Å²) in [6.45, 7) is 0. The third kappa shape index (κ3) is 4.12. The molecule has 106 valence electrons. The molecule has 0 aliphatic carbocycles. The number of halogens is 4. The zero-order valence-corrected chi connectivity index (χ0v) is 13.0. The van der Waals surface area contributed by atoms with E-state index in [1.807, 2.05) is 30.3 Å². The lowest BCUT2D eigenvalue weighted by Crippen LogP contribution is -2.10. The van der Waals surface area contributed by atoms with E-state index in [1.165, 1.54) is 6.07 Å². The number of hydrogen-bond acceptors (Lipinski definition) is 0. The van der Waals surface area contributed by atoms with Gasteiger partial charge in [0.05, 0.1) is 5.02 Å². The molecule has 0 N–H and O–H groups in total. The van der Waals surface area contributed by atoms with E-state index >= 15 is 0 Å². The highest BCUT2D eigenvalue weighted by atomic mass is 35.5. The first-order chi connectivity index (χ1) is 9.60. The second-order valence-electron chi connectivity index (χ2n) is 4.77. The van der Waals surface area contributed by atoms with Crippen LogP contribution in [0.15, 0.2) is 42.5 Å². The molecule has 20 heavy (non-hydrogen) atoms. The SMILES string of the molecule is Fc1cc(CC(CCl)Cc2ccccc2Cl)ccc1Cl. The van der Waals surface area contributed by atoms with Crippen molar-refractivity contribution in [2.45, 2.75) is 12.8 Å². The van der Waals surface area contributed by atoms with E-state index in [1.54, 1.807) is 6.07 Å². The summed E-state index contributed by atoms with van der Waals surface area (Å²) in [7, 11) is 0. The minimum atomic E-state index is -0.393. The third-order valence-corrected chi connectivity index (χ3v) is 4.30. The van der Waals surface area contributed by atoms with Crippen molar-refractivity contribution in [2.75, 3.05) is 5.88 Å². The van der Waals surface area contributed by atoms with Crippen molar-refractivity contribution >= 4 is 34.8 Å². The number of benzene rings is 2. The largest absolute Gasteiger partial charge is 0.205 e. The van der Waals surface area contributed by atoms with Crippen molar-refractivity contribution in [2.24, 2.45) is 5.92 Å². The molecule has 0 aromatic heterocycles. The Labute approximate surface area is 133 Å². The molecule has 1 atom stereocenters. The molecule has 2 aromatic carbocycles. The van der Waals surface area contributed by atoms with Crippen molar-refractivity contribution in [3.05, 3.63) is 69.5 Å². The number of alkyl halides is 1. The molecule has 2 aromatic rings. The van der Waals surface area contributed by atoms with Crippen molar-refractivity contribution in [3.63, 3.8) is 0 Å². The predicted octanol–water partition coefficient (Wildman–Crippen LogP) is 5.77. The fraction of sp³-hybridized carbons (Fsp3) is 0.250. The summed E-state index contributed by atoms with van der Waals surface area (Å²) in [4.78, 5) is 0. The molecule has 4 heteroatoms. The average molecular weight is 332 g/mol. The van der Waals surface area contributed by atoms with Gasteiger partial charge >= 0.3 is 0 Å². The van der Waals surface area contributed by atoms with Crippen LogP contribution in [-0.4, -0.2) is 5.88 Å². The molecule has 0 nitrogen and oxygen atoms in total. The Morgan fingerprint density at radius 1 is 0.950 bits per heavy atom. The van der Waals surface area contributed by atoms with Gasteiger partial charge in [-0.3, -0.25) is 0 Å². The summed E-state index contributed by atoms with van der Waals surface area (Å²) in [5.74, 6) is 0.308. The van der Waals surface area contributed by atoms with Crippen LogP contribution in [0.3, 0.4) is 0 Å². The zero-order chi connectivity index (χ0) is 14.5. The Hall–Kier alpha value is -0.760. The molecule has 0 aliphatic rings. The van der Waals surface area contributed by atoms with Gasteiger partial charge in [-0.15, -0.1) is 11.6 Å². The maximum atomic E-state index is 13.4. The molecular formula is C16H14Cl3F. The quantitative estimate of drug-likeness (QED) is 0.610. The topological polar surface area (TPSA) is 0 Å². The summed E-state index contributed by atoms with van der Waals surface area (Å²) in [5.41, 5.74) is 1.96. The first-order valence-corrected chi connectivity index (χ1v) is 7.62. The van der Waals surface area contributed by atoms with Crippen LogP contribution in [0.5, 0.6) is 0 Å². The molecule has 2 rings (SSSR count). The second-order valence-corrected chi connectivity index (χ2v) is 5.89. The first kappa shape index (κ1) is 15.6. The van der Waals surface area contributed by atoms with Crippen LogP contribution in [0, 0.1) is 11.7 Å². The van der Waals surface area contributed by atoms with Crippen molar-refractivity contribution in [3.8, 4) is 0 Å². The first-order valence-electron chi connectivity index (χ1n) is 6.33. The van der Waals surface area contributed by atoms with E-state index < -0.39 is 5.82 Å². The van der Waals surface area contributed by atoms with Gasteiger partial charge in [0, 0.05) is 10.9 Å². The molecule has 0 fully saturated rings. The van der Waals surface area contributed by atoms with Gasteiger partial charge in [0.2, 0.25) is 0 Å². The van der Waals surface area contributed by atoms with E-state index in [-0.39, 0.29) is 10.9 Å². The van der Waals surface area contributed by atoms with Gasteiger partial charge in [0.1, 0.15) is 5.82 Å². The maximum Gasteiger partial charge on any atom is 0.142 e. The summed E-state index contributed by atoms with van der Waals surface area (Å²) in [5, 5.41) is 0.882. The lowest BCUT2D eigenvalue weighted by atomic mass is 9.94. The maximum absolute atomic E-state index is 13.4. The van der Waals surface area contributed by atoms with Crippen LogP contribution in [0.4, 0.5) is 4.39 Å². The smallest absolute Gasteiger partial charge is 0.142 e. The summed E-state index contributed by atoms with van der Waals surface area (Å²) < 4.78 is 13.4. The van der Waals surface area contributed by atoms with Crippen LogP contribution in [0.25, 0.3) is 0 Å². The van der Waals surface area contributed by atoms with E-state index in [2.05, 4.69) is 0 Å². The van der Waals surface area contributed by atoms with Crippen molar-refractivity contribution in [1.29, 1.82) is 0 Å². The molecule has 0 heterocycles. The standard InChI is InChI=1S/C16H14Cl3F/c17-10-12(8-13-3-1-2-4-14(13)18)7-11-5-6-15(19)16(20)9-11/h1-6,9,12H,7-8,10H2. The monoisotopic (exact) mass is 330 g/mol. The molecular weight excluding hydrogens is 318 g/mol. The molecule has 0 saturated heterocycles. The van der Waals surface area contributed by atoms with E-state index in [9.17, 15) is 4.39 Å². The Bertz CT molecular complexity index is 584. The summed E-state index contributed by atoms with van der Waals surface area (Å²) >= 11 is 17.9. The molecule has 0 aliphatic heterocycles. The van der Waals surface area contributed by atoms with Crippen molar-refractivity contribution in [1.82, 2.24) is 0 Å². The Kier molecular flexibility index (Phi) is 5.71. The minimum Gasteiger partial charge on any atom is -0.205 e. The van der Waals surface area contributed by atoms with Crippen molar-refractivity contribution < 1.29 is 4.39 Å². The van der Waals surface area contributed by atoms with Gasteiger partial charge in [-0.25, -0.2) is 4.39 Å². The fourth-order valence-electron chi connectivity index (χ4n) is 2.16. The van der Waals surface area contributed by atoms with Gasteiger partial charge in [-0.2, -0.15) is 0 Å². The highest BCUT2D eigenvalue weighted by Crippen LogP contribution is 2.23. The zero-order valence-electron chi connectivity index (χ0n) is 10.8. The van der Waals surface area contributed by atoms with Crippen LogP contribution < -0.4 is 0 Å². The number of rotatable bonds is 5. The Morgan fingerprint density at radius 2 is 1.70 bits per heavy atom. The fourth-order valence-corrected chi connectivity index (χ4v) is 2.70. The van der Waals surface area contributed by atoms with Gasteiger partial charge in [0.15, 0.2) is 0 Å². The van der Waals surface area contributed by atoms with E-state index in [4.69, 9.17) is 34.8 Å². The lowest BCUT2D eigenvalue weighted by Gasteiger charge is -2.15. The second kappa shape index (κ2) is 7.31. The minimum absolute atomic E-state index is 0.141. The van der Waals surface area contributed by atoms with Crippen LogP contribution in [0.2, 0.25) is 10.0 Å². The molecule has 0 spiro atoms. The molecule has 1 unspecified atom stereocenters. The van der Waals surface area contributed by atoms with Gasteiger partial charge < -0.3 is 0 Å². The molecule has 0 radical (unpaired) electrons. The highest BCUT2D eigenvalue weighted by Gasteiger charge is 2.12. The number of hydrogen-bond donors (Lipinski definition) is 0. The Morgan fingerprint density at radius 3 is 2.35 bits per heavy atom. The van der Waals surface area contributed by atoms with Crippen LogP contribution >= 0.6 is 34.8 Å².